The first-order chi connectivity index (χ1) is 14.9. The van der Waals surface area contributed by atoms with Gasteiger partial charge in [-0.3, -0.25) is 14.9 Å². The van der Waals surface area contributed by atoms with Crippen LogP contribution in [0.5, 0.6) is 0 Å². The third kappa shape index (κ3) is 4.92. The van der Waals surface area contributed by atoms with Crippen LogP contribution in [0.3, 0.4) is 0 Å². The quantitative estimate of drug-likeness (QED) is 0.704. The summed E-state index contributed by atoms with van der Waals surface area (Å²) in [4.78, 5) is 29.9. The van der Waals surface area contributed by atoms with E-state index in [0.29, 0.717) is 18.3 Å². The highest BCUT2D eigenvalue weighted by atomic mass is 32.2. The van der Waals surface area contributed by atoms with Crippen LogP contribution in [0.25, 0.3) is 0 Å². The molecule has 2 aromatic rings. The maximum atomic E-state index is 13.2. The summed E-state index contributed by atoms with van der Waals surface area (Å²) in [5.74, 6) is 1.21. The van der Waals surface area contributed by atoms with Gasteiger partial charge in [0.25, 0.3) is 5.24 Å². The van der Waals surface area contributed by atoms with E-state index < -0.39 is 0 Å². The predicted octanol–water partition coefficient (Wildman–Crippen LogP) is 4.70. The number of anilines is 1. The second kappa shape index (κ2) is 9.39. The molecular formula is C24H28FN3O2S. The molecule has 4 rings (SSSR count). The number of pyridine rings is 1. The second-order valence-corrected chi connectivity index (χ2v) is 9.62. The Hall–Kier alpha value is -2.41. The number of rotatable bonds is 6. The first-order valence-corrected chi connectivity index (χ1v) is 11.8. The molecule has 0 aliphatic carbocycles. The molecule has 1 aromatic heterocycles. The van der Waals surface area contributed by atoms with Crippen LogP contribution in [0.2, 0.25) is 0 Å². The first-order valence-electron chi connectivity index (χ1n) is 10.9. The van der Waals surface area contributed by atoms with Gasteiger partial charge in [0.1, 0.15) is 11.6 Å². The third-order valence-electron chi connectivity index (χ3n) is 6.51. The molecule has 3 unspecified atom stereocenters. The summed E-state index contributed by atoms with van der Waals surface area (Å²) in [5, 5.41) is 1.78. The van der Waals surface area contributed by atoms with Crippen LogP contribution in [0, 0.1) is 11.7 Å². The molecule has 0 spiro atoms. The van der Waals surface area contributed by atoms with Crippen molar-refractivity contribution in [3.05, 3.63) is 59.0 Å². The average molecular weight is 442 g/mol. The van der Waals surface area contributed by atoms with Gasteiger partial charge in [-0.1, -0.05) is 43.8 Å². The van der Waals surface area contributed by atoms with Crippen LogP contribution in [-0.4, -0.2) is 34.5 Å². The molecule has 0 saturated carbocycles. The van der Waals surface area contributed by atoms with E-state index in [1.54, 1.807) is 6.07 Å². The second-order valence-electron chi connectivity index (χ2n) is 8.44. The Balaban J connectivity index is 1.47. The molecule has 2 saturated heterocycles. The van der Waals surface area contributed by atoms with Crippen molar-refractivity contribution in [1.29, 1.82) is 0 Å². The summed E-state index contributed by atoms with van der Waals surface area (Å²) in [7, 11) is 0. The van der Waals surface area contributed by atoms with Crippen LogP contribution in [0.15, 0.2) is 36.5 Å². The Kier molecular flexibility index (Phi) is 6.60. The van der Waals surface area contributed by atoms with Crippen molar-refractivity contribution in [2.24, 2.45) is 5.92 Å². The summed E-state index contributed by atoms with van der Waals surface area (Å²) in [6, 6.07) is 9.80. The van der Waals surface area contributed by atoms with E-state index in [0.717, 1.165) is 55.5 Å². The van der Waals surface area contributed by atoms with E-state index in [1.165, 1.54) is 23.4 Å². The Morgan fingerprint density at radius 1 is 1.26 bits per heavy atom. The fourth-order valence-electron chi connectivity index (χ4n) is 4.64. The maximum absolute atomic E-state index is 13.2. The van der Waals surface area contributed by atoms with Crippen molar-refractivity contribution in [3.8, 4) is 0 Å². The zero-order chi connectivity index (χ0) is 22.0. The van der Waals surface area contributed by atoms with Crippen LogP contribution in [-0.2, 0) is 17.6 Å². The smallest absolute Gasteiger partial charge is 0.286 e. The molecular weight excluding hydrogens is 413 g/mol. The minimum absolute atomic E-state index is 0.189. The highest BCUT2D eigenvalue weighted by molar-refractivity contribution is 8.15. The van der Waals surface area contributed by atoms with Crippen molar-refractivity contribution < 1.29 is 14.0 Å². The number of piperidine rings is 1. The lowest BCUT2D eigenvalue weighted by atomic mass is 9.81. The van der Waals surface area contributed by atoms with E-state index in [-0.39, 0.29) is 22.2 Å². The summed E-state index contributed by atoms with van der Waals surface area (Å²) in [6.07, 6.45) is 5.00. The Morgan fingerprint density at radius 2 is 2.10 bits per heavy atom. The van der Waals surface area contributed by atoms with Gasteiger partial charge in [0.15, 0.2) is 0 Å². The van der Waals surface area contributed by atoms with Gasteiger partial charge in [-0.25, -0.2) is 9.37 Å². The molecule has 1 aromatic carbocycles. The van der Waals surface area contributed by atoms with Crippen LogP contribution in [0.1, 0.15) is 49.3 Å². The normalized spacial score (nSPS) is 22.5. The number of halogens is 1. The van der Waals surface area contributed by atoms with E-state index in [9.17, 15) is 14.0 Å². The lowest BCUT2D eigenvalue weighted by Gasteiger charge is -2.37. The van der Waals surface area contributed by atoms with E-state index in [2.05, 4.69) is 47.2 Å². The highest BCUT2D eigenvalue weighted by Crippen LogP contribution is 2.34. The SMILES string of the molecule is CCc1cc(C(C)C2CCCN(c3ccc(F)cn3)C2)ccc1CC1SC(=O)NC1=O. The van der Waals surface area contributed by atoms with Gasteiger partial charge < -0.3 is 4.90 Å². The molecule has 2 amide bonds. The molecule has 0 radical (unpaired) electrons. The Bertz CT molecular complexity index is 966. The zero-order valence-corrected chi connectivity index (χ0v) is 18.8. The number of benzene rings is 1. The lowest BCUT2D eigenvalue weighted by Crippen LogP contribution is -2.37. The van der Waals surface area contributed by atoms with Crippen molar-refractivity contribution in [2.75, 3.05) is 18.0 Å². The van der Waals surface area contributed by atoms with Gasteiger partial charge in [0.2, 0.25) is 5.91 Å². The molecule has 1 N–H and O–H groups in total. The van der Waals surface area contributed by atoms with Crippen molar-refractivity contribution in [1.82, 2.24) is 10.3 Å². The largest absolute Gasteiger partial charge is 0.356 e. The standard InChI is InChI=1S/C24H28FN3O2S/c1-3-16-11-17(6-7-18(16)12-21-23(29)27-24(30)31-21)15(2)19-5-4-10-28(14-19)22-9-8-20(25)13-26-22/h6-9,11,13,15,19,21H,3-5,10,12,14H2,1-2H3,(H,27,29,30). The third-order valence-corrected chi connectivity index (χ3v) is 7.49. The maximum Gasteiger partial charge on any atom is 0.286 e. The number of nitrogens with zero attached hydrogens (tertiary/aromatic N) is 2. The molecule has 3 heterocycles. The molecule has 2 fully saturated rings. The van der Waals surface area contributed by atoms with E-state index in [4.69, 9.17) is 0 Å². The highest BCUT2D eigenvalue weighted by Gasteiger charge is 2.32. The number of imide groups is 1. The summed E-state index contributed by atoms with van der Waals surface area (Å²) in [5.41, 5.74) is 3.69. The van der Waals surface area contributed by atoms with Crippen molar-refractivity contribution >= 4 is 28.7 Å². The zero-order valence-electron chi connectivity index (χ0n) is 17.9. The molecule has 2 aliphatic rings. The summed E-state index contributed by atoms with van der Waals surface area (Å²) >= 11 is 1.09. The Labute approximate surface area is 186 Å². The lowest BCUT2D eigenvalue weighted by molar-refractivity contribution is -0.118. The topological polar surface area (TPSA) is 62.3 Å². The van der Waals surface area contributed by atoms with Gasteiger partial charge in [0.05, 0.1) is 11.4 Å². The molecule has 164 valence electrons. The van der Waals surface area contributed by atoms with E-state index in [1.807, 2.05) is 0 Å². The minimum atomic E-state index is -0.337. The van der Waals surface area contributed by atoms with E-state index >= 15 is 0 Å². The molecule has 0 bridgehead atoms. The fraction of sp³-hybridized carbons (Fsp3) is 0.458. The Morgan fingerprint density at radius 3 is 2.77 bits per heavy atom. The number of nitrogens with one attached hydrogen (secondary N) is 1. The summed E-state index contributed by atoms with van der Waals surface area (Å²) in [6.45, 7) is 6.26. The average Bonchev–Trinajstić information content (AvgIpc) is 3.10. The number of hydrogen-bond acceptors (Lipinski definition) is 5. The monoisotopic (exact) mass is 441 g/mol. The number of aryl methyl sites for hydroxylation is 1. The number of carbonyl (C=O) groups excluding carboxylic acids is 2. The number of aromatic nitrogens is 1. The molecule has 5 nitrogen and oxygen atoms in total. The van der Waals surface area contributed by atoms with Crippen LogP contribution < -0.4 is 10.2 Å². The van der Waals surface area contributed by atoms with Gasteiger partial charge >= 0.3 is 0 Å². The van der Waals surface area contributed by atoms with Gasteiger partial charge in [-0.05, 0) is 66.3 Å². The van der Waals surface area contributed by atoms with Crippen molar-refractivity contribution in [3.63, 3.8) is 0 Å². The first kappa shape index (κ1) is 21.8. The number of carbonyl (C=O) groups is 2. The molecule has 31 heavy (non-hydrogen) atoms. The molecule has 2 aliphatic heterocycles. The number of hydrogen-bond donors (Lipinski definition) is 1. The predicted molar refractivity (Wildman–Crippen MR) is 122 cm³/mol. The van der Waals surface area contributed by atoms with Gasteiger partial charge in [-0.2, -0.15) is 0 Å². The van der Waals surface area contributed by atoms with Crippen molar-refractivity contribution in [2.45, 2.75) is 50.7 Å². The fourth-order valence-corrected chi connectivity index (χ4v) is 5.48. The van der Waals surface area contributed by atoms with Gasteiger partial charge in [0, 0.05) is 13.1 Å². The van der Waals surface area contributed by atoms with Crippen LogP contribution >= 0.6 is 11.8 Å². The number of thioether (sulfide) groups is 1. The number of amides is 2. The molecule has 3 atom stereocenters. The minimum Gasteiger partial charge on any atom is -0.356 e. The van der Waals surface area contributed by atoms with Gasteiger partial charge in [-0.15, -0.1) is 0 Å². The molecule has 7 heteroatoms. The van der Waals surface area contributed by atoms with Crippen LogP contribution in [0.4, 0.5) is 15.0 Å². The summed E-state index contributed by atoms with van der Waals surface area (Å²) < 4.78 is 13.2.